The zero-order chi connectivity index (χ0) is 33.7. The predicted molar refractivity (Wildman–Crippen MR) is 207 cm³/mol. The highest BCUT2D eigenvalue weighted by Crippen LogP contribution is 2.50. The maximum absolute atomic E-state index is 6.58. The lowest BCUT2D eigenvalue weighted by Crippen LogP contribution is -2.19. The lowest BCUT2D eigenvalue weighted by Gasteiger charge is -2.24. The number of aromatic nitrogens is 3. The minimum atomic E-state index is -0.0734. The van der Waals surface area contributed by atoms with Crippen molar-refractivity contribution >= 4 is 27.1 Å². The first kappa shape index (κ1) is 29.3. The molecule has 4 nitrogen and oxygen atoms in total. The summed E-state index contributed by atoms with van der Waals surface area (Å²) in [6.45, 7) is 0. The second-order valence-electron chi connectivity index (χ2n) is 13.1. The summed E-state index contributed by atoms with van der Waals surface area (Å²) in [7, 11) is 0. The van der Waals surface area contributed by atoms with Crippen molar-refractivity contribution in [2.45, 2.75) is 12.0 Å². The molecule has 1 aliphatic heterocycles. The summed E-state index contributed by atoms with van der Waals surface area (Å²) in [6, 6.07) is 55.1. The molecule has 2 unspecified atom stereocenters. The van der Waals surface area contributed by atoms with Crippen LogP contribution in [0.2, 0.25) is 0 Å². The van der Waals surface area contributed by atoms with E-state index >= 15 is 0 Å². The lowest BCUT2D eigenvalue weighted by atomic mass is 9.79. The van der Waals surface area contributed by atoms with E-state index in [1.165, 1.54) is 38.6 Å². The topological polar surface area (TPSA) is 47.9 Å². The van der Waals surface area contributed by atoms with E-state index in [1.807, 2.05) is 60.7 Å². The predicted octanol–water partition coefficient (Wildman–Crippen LogP) is 11.3. The summed E-state index contributed by atoms with van der Waals surface area (Å²) in [4.78, 5) is 15.0. The van der Waals surface area contributed by atoms with Crippen molar-refractivity contribution in [1.29, 1.82) is 0 Å². The van der Waals surface area contributed by atoms with E-state index in [9.17, 15) is 0 Å². The van der Waals surface area contributed by atoms with Gasteiger partial charge < -0.3 is 4.74 Å². The van der Waals surface area contributed by atoms with E-state index in [-0.39, 0.29) is 12.0 Å². The Kier molecular flexibility index (Phi) is 6.91. The zero-order valence-electron chi connectivity index (χ0n) is 27.6. The van der Waals surface area contributed by atoms with Gasteiger partial charge in [0.2, 0.25) is 0 Å². The van der Waals surface area contributed by atoms with Gasteiger partial charge in [-0.05, 0) is 74.1 Å². The van der Waals surface area contributed by atoms with Gasteiger partial charge in [0.25, 0.3) is 0 Å². The molecule has 0 saturated heterocycles. The number of hydrogen-bond donors (Lipinski definition) is 0. The first-order chi connectivity index (χ1) is 25.3. The molecule has 1 aliphatic carbocycles. The van der Waals surface area contributed by atoms with Crippen molar-refractivity contribution in [3.8, 4) is 51.0 Å². The molecule has 2 atom stereocenters. The molecule has 0 bridgehead atoms. The summed E-state index contributed by atoms with van der Waals surface area (Å²) >= 11 is 0. The van der Waals surface area contributed by atoms with E-state index < -0.39 is 0 Å². The van der Waals surface area contributed by atoms with E-state index in [1.54, 1.807) is 0 Å². The highest BCUT2D eigenvalue weighted by molar-refractivity contribution is 6.03. The van der Waals surface area contributed by atoms with Crippen LogP contribution >= 0.6 is 0 Å². The van der Waals surface area contributed by atoms with Crippen molar-refractivity contribution < 1.29 is 4.74 Å². The Morgan fingerprint density at radius 2 is 1.04 bits per heavy atom. The number of allylic oxidation sites excluding steroid dienone is 2. The molecule has 240 valence electrons. The van der Waals surface area contributed by atoms with Crippen LogP contribution in [0, 0.1) is 0 Å². The van der Waals surface area contributed by atoms with Gasteiger partial charge >= 0.3 is 0 Å². The molecule has 2 heterocycles. The third-order valence-electron chi connectivity index (χ3n) is 10.1. The maximum atomic E-state index is 6.58. The van der Waals surface area contributed by atoms with Crippen molar-refractivity contribution in [3.05, 3.63) is 187 Å². The summed E-state index contributed by atoms with van der Waals surface area (Å²) in [5.74, 6) is 2.96. The molecule has 4 heteroatoms. The number of hydrogen-bond acceptors (Lipinski definition) is 4. The minimum Gasteiger partial charge on any atom is -0.485 e. The van der Waals surface area contributed by atoms with Crippen molar-refractivity contribution in [3.63, 3.8) is 0 Å². The third-order valence-corrected chi connectivity index (χ3v) is 10.1. The Bertz CT molecular complexity index is 2620. The molecular formula is C47H31N3O. The van der Waals surface area contributed by atoms with Gasteiger partial charge in [-0.2, -0.15) is 0 Å². The first-order valence-corrected chi connectivity index (χ1v) is 17.3. The highest BCUT2D eigenvalue weighted by Gasteiger charge is 2.38. The number of ether oxygens (including phenoxy) is 1. The molecule has 51 heavy (non-hydrogen) atoms. The molecule has 0 amide bonds. The van der Waals surface area contributed by atoms with Crippen LogP contribution in [0.3, 0.4) is 0 Å². The fourth-order valence-electron chi connectivity index (χ4n) is 7.64. The van der Waals surface area contributed by atoms with Crippen LogP contribution in [0.15, 0.2) is 176 Å². The SMILES string of the molecule is C1=CC2Oc3ccc(-c4ccc5ccccc5c4)cc3C2C(c2ccc(-c3nc(-c4ccccc4)nc(-c4ccccc4)n3)c3ccccc23)=C1. The molecule has 0 spiro atoms. The van der Waals surface area contributed by atoms with E-state index in [0.717, 1.165) is 33.2 Å². The number of fused-ring (bicyclic) bond motifs is 5. The molecule has 0 saturated carbocycles. The number of nitrogens with zero attached hydrogens (tertiary/aromatic N) is 3. The monoisotopic (exact) mass is 653 g/mol. The van der Waals surface area contributed by atoms with Crippen molar-refractivity contribution in [2.75, 3.05) is 0 Å². The van der Waals surface area contributed by atoms with Gasteiger partial charge in [0, 0.05) is 22.3 Å². The Morgan fingerprint density at radius 3 is 1.78 bits per heavy atom. The van der Waals surface area contributed by atoms with Gasteiger partial charge in [0.05, 0.1) is 5.92 Å². The standard InChI is InChI=1S/C47H31N3O/c1-3-13-31(14-4-1)45-48-46(32-15-5-2-6-16-32)50-47(49-45)40-26-25-38(36-18-9-10-19-37(36)40)39-20-11-21-43-44(39)41-29-35(24-27-42(41)51-43)34-23-22-30-12-7-8-17-33(30)28-34/h1-29,43-44H. The summed E-state index contributed by atoms with van der Waals surface area (Å²) in [5.41, 5.74) is 8.90. The van der Waals surface area contributed by atoms with Crippen molar-refractivity contribution in [1.82, 2.24) is 15.0 Å². The average Bonchev–Trinajstić information content (AvgIpc) is 3.59. The van der Waals surface area contributed by atoms with Gasteiger partial charge in [0.15, 0.2) is 17.5 Å². The highest BCUT2D eigenvalue weighted by atomic mass is 16.5. The lowest BCUT2D eigenvalue weighted by molar-refractivity contribution is 0.271. The Hall–Kier alpha value is -6.65. The molecule has 1 aromatic heterocycles. The second kappa shape index (κ2) is 12.0. The van der Waals surface area contributed by atoms with E-state index in [2.05, 4.69) is 115 Å². The molecule has 10 rings (SSSR count). The van der Waals surface area contributed by atoms with Gasteiger partial charge in [-0.3, -0.25) is 0 Å². The molecule has 0 fully saturated rings. The van der Waals surface area contributed by atoms with Crippen LogP contribution in [0.25, 0.3) is 72.4 Å². The molecule has 0 radical (unpaired) electrons. The molecule has 2 aliphatic rings. The second-order valence-corrected chi connectivity index (χ2v) is 13.1. The summed E-state index contributed by atoms with van der Waals surface area (Å²) in [6.07, 6.45) is 6.50. The normalized spacial score (nSPS) is 16.0. The fourth-order valence-corrected chi connectivity index (χ4v) is 7.64. The average molecular weight is 654 g/mol. The van der Waals surface area contributed by atoms with E-state index in [0.29, 0.717) is 17.5 Å². The van der Waals surface area contributed by atoms with Gasteiger partial charge in [-0.15, -0.1) is 0 Å². The molecule has 7 aromatic carbocycles. The molecule has 8 aromatic rings. The van der Waals surface area contributed by atoms with E-state index in [4.69, 9.17) is 19.7 Å². The van der Waals surface area contributed by atoms with Crippen LogP contribution in [-0.2, 0) is 0 Å². The smallest absolute Gasteiger partial charge is 0.164 e. The van der Waals surface area contributed by atoms with Gasteiger partial charge in [-0.25, -0.2) is 15.0 Å². The number of rotatable bonds is 5. The largest absolute Gasteiger partial charge is 0.485 e. The minimum absolute atomic E-state index is 0.0613. The summed E-state index contributed by atoms with van der Waals surface area (Å²) < 4.78 is 6.58. The van der Waals surface area contributed by atoms with Crippen molar-refractivity contribution in [2.24, 2.45) is 0 Å². The first-order valence-electron chi connectivity index (χ1n) is 17.3. The fraction of sp³-hybridized carbons (Fsp3) is 0.0426. The third kappa shape index (κ3) is 5.12. The summed E-state index contributed by atoms with van der Waals surface area (Å²) in [5, 5.41) is 4.73. The quantitative estimate of drug-likeness (QED) is 0.185. The van der Waals surface area contributed by atoms with Crippen LogP contribution in [0.1, 0.15) is 17.0 Å². The van der Waals surface area contributed by atoms with Crippen LogP contribution in [0.5, 0.6) is 5.75 Å². The Morgan fingerprint density at radius 1 is 0.451 bits per heavy atom. The Balaban J connectivity index is 1.09. The van der Waals surface area contributed by atoms with Gasteiger partial charge in [0.1, 0.15) is 11.9 Å². The molecular weight excluding hydrogens is 623 g/mol. The zero-order valence-corrected chi connectivity index (χ0v) is 27.6. The number of benzene rings is 7. The van der Waals surface area contributed by atoms with Gasteiger partial charge in [-0.1, -0.05) is 146 Å². The maximum Gasteiger partial charge on any atom is 0.164 e. The molecule has 0 N–H and O–H groups in total. The van der Waals surface area contributed by atoms with Crippen LogP contribution in [-0.4, -0.2) is 21.1 Å². The van der Waals surface area contributed by atoms with Crippen LogP contribution < -0.4 is 4.74 Å². The Labute approximate surface area is 296 Å². The van der Waals surface area contributed by atoms with Crippen LogP contribution in [0.4, 0.5) is 0 Å².